The SMILES string of the molecule is C=CC(=O)N1CCCc2cc(C(=O)Nc3nnc(SC)s3)ccc21. The summed E-state index contributed by atoms with van der Waals surface area (Å²) in [5, 5.41) is 11.1. The first-order chi connectivity index (χ1) is 11.6. The van der Waals surface area contributed by atoms with Crippen LogP contribution >= 0.6 is 23.1 Å². The second-order valence-electron chi connectivity index (χ2n) is 5.17. The number of hydrogen-bond donors (Lipinski definition) is 1. The monoisotopic (exact) mass is 360 g/mol. The minimum Gasteiger partial charge on any atom is -0.309 e. The summed E-state index contributed by atoms with van der Waals surface area (Å²) in [4.78, 5) is 26.0. The summed E-state index contributed by atoms with van der Waals surface area (Å²) in [6.07, 6.45) is 4.93. The molecule has 1 N–H and O–H groups in total. The zero-order valence-corrected chi connectivity index (χ0v) is 14.7. The minimum atomic E-state index is -0.228. The van der Waals surface area contributed by atoms with Crippen LogP contribution in [0.5, 0.6) is 0 Å². The normalized spacial score (nSPS) is 13.3. The van der Waals surface area contributed by atoms with E-state index in [2.05, 4.69) is 22.1 Å². The van der Waals surface area contributed by atoms with E-state index in [9.17, 15) is 9.59 Å². The highest BCUT2D eigenvalue weighted by Gasteiger charge is 2.22. The molecule has 1 aliphatic rings. The van der Waals surface area contributed by atoms with Crippen molar-refractivity contribution in [3.8, 4) is 0 Å². The number of carbonyl (C=O) groups is 2. The number of benzene rings is 1. The van der Waals surface area contributed by atoms with Gasteiger partial charge in [0.2, 0.25) is 11.0 Å². The number of nitrogens with zero attached hydrogens (tertiary/aromatic N) is 3. The number of carbonyl (C=O) groups excluding carboxylic acids is 2. The number of thioether (sulfide) groups is 1. The van der Waals surface area contributed by atoms with Crippen molar-refractivity contribution in [1.82, 2.24) is 10.2 Å². The van der Waals surface area contributed by atoms with Crippen LogP contribution in [-0.4, -0.2) is 34.8 Å². The topological polar surface area (TPSA) is 75.2 Å². The predicted octanol–water partition coefficient (Wildman–Crippen LogP) is 2.98. The van der Waals surface area contributed by atoms with Crippen molar-refractivity contribution in [1.29, 1.82) is 0 Å². The zero-order chi connectivity index (χ0) is 17.1. The standard InChI is InChI=1S/C16H16N4O2S2/c1-3-13(21)20-8-4-5-10-9-11(6-7-12(10)20)14(22)17-15-18-19-16(23-2)24-15/h3,6-7,9H,1,4-5,8H2,2H3,(H,17,18,22). The van der Waals surface area contributed by atoms with Crippen LogP contribution in [0.3, 0.4) is 0 Å². The number of hydrogen-bond acceptors (Lipinski definition) is 6. The molecule has 0 saturated carbocycles. The van der Waals surface area contributed by atoms with Gasteiger partial charge in [0.25, 0.3) is 5.91 Å². The second kappa shape index (κ2) is 7.14. The van der Waals surface area contributed by atoms with E-state index >= 15 is 0 Å². The Kier molecular flexibility index (Phi) is 4.96. The fourth-order valence-electron chi connectivity index (χ4n) is 2.59. The molecule has 0 bridgehead atoms. The van der Waals surface area contributed by atoms with Crippen LogP contribution in [0.15, 0.2) is 35.2 Å². The number of amides is 2. The lowest BCUT2D eigenvalue weighted by Gasteiger charge is -2.28. The maximum atomic E-state index is 12.4. The van der Waals surface area contributed by atoms with Gasteiger partial charge in [-0.3, -0.25) is 14.9 Å². The van der Waals surface area contributed by atoms with Gasteiger partial charge in [-0.25, -0.2) is 0 Å². The van der Waals surface area contributed by atoms with Crippen LogP contribution in [0.4, 0.5) is 10.8 Å². The lowest BCUT2D eigenvalue weighted by molar-refractivity contribution is -0.114. The van der Waals surface area contributed by atoms with Gasteiger partial charge in [-0.05, 0) is 48.9 Å². The molecule has 6 nitrogen and oxygen atoms in total. The first-order valence-corrected chi connectivity index (χ1v) is 9.42. The van der Waals surface area contributed by atoms with Gasteiger partial charge in [0.1, 0.15) is 0 Å². The summed E-state index contributed by atoms with van der Waals surface area (Å²) in [7, 11) is 0. The van der Waals surface area contributed by atoms with Crippen LogP contribution in [-0.2, 0) is 11.2 Å². The third-order valence-electron chi connectivity index (χ3n) is 3.70. The third-order valence-corrected chi connectivity index (χ3v) is 5.52. The summed E-state index contributed by atoms with van der Waals surface area (Å²) >= 11 is 2.82. The molecule has 0 aliphatic carbocycles. The van der Waals surface area contributed by atoms with Crippen LogP contribution < -0.4 is 10.2 Å². The predicted molar refractivity (Wildman–Crippen MR) is 97.0 cm³/mol. The molecule has 0 fully saturated rings. The van der Waals surface area contributed by atoms with E-state index < -0.39 is 0 Å². The fraction of sp³-hybridized carbons (Fsp3) is 0.250. The maximum absolute atomic E-state index is 12.4. The Morgan fingerprint density at radius 2 is 2.25 bits per heavy atom. The van der Waals surface area contributed by atoms with E-state index in [0.29, 0.717) is 17.2 Å². The maximum Gasteiger partial charge on any atom is 0.257 e. The molecule has 2 aromatic rings. The molecule has 0 unspecified atom stereocenters. The van der Waals surface area contributed by atoms with Crippen molar-refractivity contribution in [3.05, 3.63) is 42.0 Å². The van der Waals surface area contributed by atoms with Crippen LogP contribution in [0.25, 0.3) is 0 Å². The van der Waals surface area contributed by atoms with Gasteiger partial charge in [-0.15, -0.1) is 10.2 Å². The molecular weight excluding hydrogens is 344 g/mol. The molecule has 0 saturated heterocycles. The molecule has 2 heterocycles. The van der Waals surface area contributed by atoms with Crippen LogP contribution in [0.2, 0.25) is 0 Å². The average Bonchev–Trinajstić information content (AvgIpc) is 3.07. The molecule has 0 radical (unpaired) electrons. The van der Waals surface area contributed by atoms with Crippen molar-refractivity contribution in [2.75, 3.05) is 23.0 Å². The van der Waals surface area contributed by atoms with Gasteiger partial charge in [0.15, 0.2) is 4.34 Å². The van der Waals surface area contributed by atoms with Gasteiger partial charge in [-0.2, -0.15) is 0 Å². The Hall–Kier alpha value is -2.19. The number of rotatable bonds is 4. The van der Waals surface area contributed by atoms with Crippen molar-refractivity contribution in [2.24, 2.45) is 0 Å². The van der Waals surface area contributed by atoms with Gasteiger partial charge in [-0.1, -0.05) is 29.7 Å². The Labute approximate surface area is 148 Å². The molecule has 1 aliphatic heterocycles. The number of aryl methyl sites for hydroxylation is 1. The Morgan fingerprint density at radius 1 is 1.42 bits per heavy atom. The zero-order valence-electron chi connectivity index (χ0n) is 13.1. The van der Waals surface area contributed by atoms with Gasteiger partial charge in [0.05, 0.1) is 0 Å². The first-order valence-electron chi connectivity index (χ1n) is 7.38. The molecule has 0 atom stereocenters. The summed E-state index contributed by atoms with van der Waals surface area (Å²) in [5.41, 5.74) is 2.39. The second-order valence-corrected chi connectivity index (χ2v) is 7.20. The van der Waals surface area contributed by atoms with E-state index in [-0.39, 0.29) is 11.8 Å². The first kappa shape index (κ1) is 16.7. The molecule has 8 heteroatoms. The number of nitrogens with one attached hydrogen (secondary N) is 1. The number of fused-ring (bicyclic) bond motifs is 1. The smallest absolute Gasteiger partial charge is 0.257 e. The quantitative estimate of drug-likeness (QED) is 0.515. The van der Waals surface area contributed by atoms with Gasteiger partial charge >= 0.3 is 0 Å². The van der Waals surface area contributed by atoms with E-state index in [0.717, 1.165) is 28.4 Å². The van der Waals surface area contributed by atoms with E-state index in [1.807, 2.05) is 18.4 Å². The van der Waals surface area contributed by atoms with E-state index in [4.69, 9.17) is 0 Å². The Balaban J connectivity index is 1.81. The summed E-state index contributed by atoms with van der Waals surface area (Å²) in [6, 6.07) is 5.38. The molecule has 0 spiro atoms. The third kappa shape index (κ3) is 3.34. The Morgan fingerprint density at radius 3 is 2.96 bits per heavy atom. The molecular formula is C16H16N4O2S2. The largest absolute Gasteiger partial charge is 0.309 e. The Bertz CT molecular complexity index is 803. The lowest BCUT2D eigenvalue weighted by atomic mass is 9.99. The van der Waals surface area contributed by atoms with Crippen LogP contribution in [0, 0.1) is 0 Å². The lowest BCUT2D eigenvalue weighted by Crippen LogP contribution is -2.34. The molecule has 124 valence electrons. The molecule has 1 aromatic heterocycles. The van der Waals surface area contributed by atoms with Crippen molar-refractivity contribution < 1.29 is 9.59 Å². The number of aromatic nitrogens is 2. The van der Waals surface area contributed by atoms with Crippen LogP contribution in [0.1, 0.15) is 22.3 Å². The highest BCUT2D eigenvalue weighted by molar-refractivity contribution is 8.00. The van der Waals surface area contributed by atoms with Crippen molar-refractivity contribution >= 4 is 45.7 Å². The molecule has 2 amide bonds. The van der Waals surface area contributed by atoms with E-state index in [1.54, 1.807) is 11.0 Å². The average molecular weight is 360 g/mol. The summed E-state index contributed by atoms with van der Waals surface area (Å²) < 4.78 is 0.800. The highest BCUT2D eigenvalue weighted by Crippen LogP contribution is 2.29. The summed E-state index contributed by atoms with van der Waals surface area (Å²) in [6.45, 7) is 4.21. The minimum absolute atomic E-state index is 0.119. The molecule has 3 rings (SSSR count). The highest BCUT2D eigenvalue weighted by atomic mass is 32.2. The van der Waals surface area contributed by atoms with Gasteiger partial charge in [0, 0.05) is 17.8 Å². The molecule has 1 aromatic carbocycles. The molecule has 24 heavy (non-hydrogen) atoms. The van der Waals surface area contributed by atoms with Crippen molar-refractivity contribution in [2.45, 2.75) is 17.2 Å². The van der Waals surface area contributed by atoms with Crippen molar-refractivity contribution in [3.63, 3.8) is 0 Å². The van der Waals surface area contributed by atoms with E-state index in [1.165, 1.54) is 29.2 Å². The number of anilines is 2. The fourth-order valence-corrected chi connectivity index (χ4v) is 3.75. The van der Waals surface area contributed by atoms with Gasteiger partial charge < -0.3 is 4.90 Å². The summed E-state index contributed by atoms with van der Waals surface area (Å²) in [5.74, 6) is -0.347.